The molecule has 0 spiro atoms. The standard InChI is InChI=1S/C14H26N2O5/c1-14(2,3)21-13(19)16-7-5-4-6-10(16)8-20-9-11(15)12(17)18/h10-11H,4-9,15H2,1-3H3,(H,17,18). The van der Waals surface area contributed by atoms with Crippen molar-refractivity contribution in [1.29, 1.82) is 0 Å². The number of rotatable bonds is 5. The zero-order chi connectivity index (χ0) is 16.0. The minimum atomic E-state index is -1.09. The molecule has 1 fully saturated rings. The fourth-order valence-electron chi connectivity index (χ4n) is 2.14. The van der Waals surface area contributed by atoms with Gasteiger partial charge in [0.25, 0.3) is 0 Å². The molecule has 0 radical (unpaired) electrons. The average molecular weight is 302 g/mol. The van der Waals surface area contributed by atoms with Gasteiger partial charge in [-0.2, -0.15) is 0 Å². The van der Waals surface area contributed by atoms with Gasteiger partial charge >= 0.3 is 12.1 Å². The van der Waals surface area contributed by atoms with Crippen LogP contribution in [0.1, 0.15) is 40.0 Å². The van der Waals surface area contributed by atoms with E-state index in [1.54, 1.807) is 4.90 Å². The van der Waals surface area contributed by atoms with Gasteiger partial charge in [0.15, 0.2) is 0 Å². The highest BCUT2D eigenvalue weighted by Gasteiger charge is 2.30. The van der Waals surface area contributed by atoms with Crippen LogP contribution in [-0.4, -0.2) is 59.5 Å². The fourth-order valence-corrected chi connectivity index (χ4v) is 2.14. The van der Waals surface area contributed by atoms with Crippen molar-refractivity contribution in [3.8, 4) is 0 Å². The number of carbonyl (C=O) groups is 2. The minimum Gasteiger partial charge on any atom is -0.480 e. The number of carboxylic acids is 1. The number of aliphatic carboxylic acids is 1. The maximum atomic E-state index is 12.2. The third-order valence-corrected chi connectivity index (χ3v) is 3.18. The Balaban J connectivity index is 2.49. The predicted octanol–water partition coefficient (Wildman–Crippen LogP) is 1.20. The number of carboxylic acid groups (broad SMARTS) is 1. The Labute approximate surface area is 125 Å². The minimum absolute atomic E-state index is 0.0615. The van der Waals surface area contributed by atoms with Gasteiger partial charge in [-0.3, -0.25) is 4.79 Å². The van der Waals surface area contributed by atoms with Crippen LogP contribution in [0.25, 0.3) is 0 Å². The molecule has 0 aromatic heterocycles. The molecule has 21 heavy (non-hydrogen) atoms. The summed E-state index contributed by atoms with van der Waals surface area (Å²) in [6.07, 6.45) is 2.42. The molecule has 0 saturated carbocycles. The maximum Gasteiger partial charge on any atom is 0.410 e. The summed E-state index contributed by atoms with van der Waals surface area (Å²) < 4.78 is 10.7. The topological polar surface area (TPSA) is 102 Å². The van der Waals surface area contributed by atoms with Crippen molar-refractivity contribution in [2.75, 3.05) is 19.8 Å². The van der Waals surface area contributed by atoms with Crippen molar-refractivity contribution in [2.45, 2.75) is 57.7 Å². The number of nitrogens with two attached hydrogens (primary N) is 1. The van der Waals surface area contributed by atoms with E-state index in [0.29, 0.717) is 6.54 Å². The van der Waals surface area contributed by atoms with Gasteiger partial charge in [0.1, 0.15) is 11.6 Å². The number of hydrogen-bond acceptors (Lipinski definition) is 5. The van der Waals surface area contributed by atoms with Gasteiger partial charge < -0.3 is 25.2 Å². The van der Waals surface area contributed by atoms with Crippen LogP contribution in [0, 0.1) is 0 Å². The Morgan fingerprint density at radius 2 is 2.05 bits per heavy atom. The summed E-state index contributed by atoms with van der Waals surface area (Å²) >= 11 is 0. The van der Waals surface area contributed by atoms with Gasteiger partial charge in [0.05, 0.1) is 19.3 Å². The fraction of sp³-hybridized carbons (Fsp3) is 0.857. The molecular weight excluding hydrogens is 276 g/mol. The van der Waals surface area contributed by atoms with Gasteiger partial charge in [0.2, 0.25) is 0 Å². The zero-order valence-electron chi connectivity index (χ0n) is 13.0. The van der Waals surface area contributed by atoms with Crippen LogP contribution in [0.2, 0.25) is 0 Å². The van der Waals surface area contributed by atoms with E-state index in [-0.39, 0.29) is 25.3 Å². The molecule has 0 aliphatic carbocycles. The highest BCUT2D eigenvalue weighted by Crippen LogP contribution is 2.20. The van der Waals surface area contributed by atoms with Gasteiger partial charge in [-0.25, -0.2) is 4.79 Å². The van der Waals surface area contributed by atoms with Crippen LogP contribution in [-0.2, 0) is 14.3 Å². The first-order valence-electron chi connectivity index (χ1n) is 7.26. The number of amides is 1. The molecule has 1 amide bonds. The lowest BCUT2D eigenvalue weighted by atomic mass is 10.0. The highest BCUT2D eigenvalue weighted by atomic mass is 16.6. The monoisotopic (exact) mass is 302 g/mol. The summed E-state index contributed by atoms with van der Waals surface area (Å²) in [4.78, 5) is 24.4. The number of likely N-dealkylation sites (tertiary alicyclic amines) is 1. The van der Waals surface area contributed by atoms with Crippen LogP contribution < -0.4 is 5.73 Å². The van der Waals surface area contributed by atoms with Crippen LogP contribution in [0.4, 0.5) is 4.79 Å². The summed E-state index contributed by atoms with van der Waals surface area (Å²) in [5, 5.41) is 8.70. The Kier molecular flexibility index (Phi) is 6.42. The molecule has 0 aromatic rings. The van der Waals surface area contributed by atoms with E-state index in [4.69, 9.17) is 20.3 Å². The third kappa shape index (κ3) is 6.31. The maximum absolute atomic E-state index is 12.2. The molecule has 1 aliphatic rings. The molecule has 2 atom stereocenters. The zero-order valence-corrected chi connectivity index (χ0v) is 13.0. The second kappa shape index (κ2) is 7.61. The van der Waals surface area contributed by atoms with Gasteiger partial charge in [-0.15, -0.1) is 0 Å². The number of hydrogen-bond donors (Lipinski definition) is 2. The Bertz CT molecular complexity index is 367. The SMILES string of the molecule is CC(C)(C)OC(=O)N1CCCCC1COCC(N)C(=O)O. The largest absolute Gasteiger partial charge is 0.480 e. The van der Waals surface area contributed by atoms with Gasteiger partial charge in [0, 0.05) is 6.54 Å². The van der Waals surface area contributed by atoms with Gasteiger partial charge in [-0.05, 0) is 40.0 Å². The van der Waals surface area contributed by atoms with E-state index in [0.717, 1.165) is 19.3 Å². The smallest absolute Gasteiger partial charge is 0.410 e. The molecule has 1 rings (SSSR count). The first kappa shape index (κ1) is 17.7. The number of nitrogens with zero attached hydrogens (tertiary/aromatic N) is 1. The van der Waals surface area contributed by atoms with Crippen molar-refractivity contribution in [1.82, 2.24) is 4.90 Å². The van der Waals surface area contributed by atoms with Crippen molar-refractivity contribution < 1.29 is 24.2 Å². The first-order chi connectivity index (χ1) is 9.70. The summed E-state index contributed by atoms with van der Waals surface area (Å²) in [7, 11) is 0. The van der Waals surface area contributed by atoms with E-state index < -0.39 is 17.6 Å². The van der Waals surface area contributed by atoms with E-state index in [1.165, 1.54) is 0 Å². The Morgan fingerprint density at radius 3 is 2.62 bits per heavy atom. The molecule has 2 unspecified atom stereocenters. The Morgan fingerprint density at radius 1 is 1.38 bits per heavy atom. The molecule has 7 nitrogen and oxygen atoms in total. The van der Waals surface area contributed by atoms with Crippen molar-refractivity contribution >= 4 is 12.1 Å². The molecule has 122 valence electrons. The molecule has 7 heteroatoms. The predicted molar refractivity (Wildman–Crippen MR) is 77.0 cm³/mol. The number of ether oxygens (including phenoxy) is 2. The second-order valence-electron chi connectivity index (χ2n) is 6.31. The quantitative estimate of drug-likeness (QED) is 0.791. The third-order valence-electron chi connectivity index (χ3n) is 3.18. The summed E-state index contributed by atoms with van der Waals surface area (Å²) in [5.74, 6) is -1.09. The van der Waals surface area contributed by atoms with Crippen LogP contribution in [0.3, 0.4) is 0 Å². The lowest BCUT2D eigenvalue weighted by molar-refractivity contribution is -0.140. The van der Waals surface area contributed by atoms with E-state index >= 15 is 0 Å². The molecule has 0 bridgehead atoms. The van der Waals surface area contributed by atoms with E-state index in [2.05, 4.69) is 0 Å². The van der Waals surface area contributed by atoms with E-state index in [9.17, 15) is 9.59 Å². The summed E-state index contributed by atoms with van der Waals surface area (Å²) in [6.45, 7) is 6.33. The van der Waals surface area contributed by atoms with Crippen LogP contribution >= 0.6 is 0 Å². The highest BCUT2D eigenvalue weighted by molar-refractivity contribution is 5.73. The molecule has 3 N–H and O–H groups in total. The molecule has 1 heterocycles. The lowest BCUT2D eigenvalue weighted by Gasteiger charge is -2.36. The molecule has 1 saturated heterocycles. The molecular formula is C14H26N2O5. The van der Waals surface area contributed by atoms with Crippen molar-refractivity contribution in [3.05, 3.63) is 0 Å². The van der Waals surface area contributed by atoms with Crippen molar-refractivity contribution in [3.63, 3.8) is 0 Å². The number of piperidine rings is 1. The van der Waals surface area contributed by atoms with Crippen LogP contribution in [0.15, 0.2) is 0 Å². The molecule has 1 aliphatic heterocycles. The lowest BCUT2D eigenvalue weighted by Crippen LogP contribution is -2.48. The first-order valence-corrected chi connectivity index (χ1v) is 7.26. The average Bonchev–Trinajstić information content (AvgIpc) is 2.37. The van der Waals surface area contributed by atoms with E-state index in [1.807, 2.05) is 20.8 Å². The van der Waals surface area contributed by atoms with Crippen LogP contribution in [0.5, 0.6) is 0 Å². The second-order valence-corrected chi connectivity index (χ2v) is 6.31. The van der Waals surface area contributed by atoms with Gasteiger partial charge in [-0.1, -0.05) is 0 Å². The molecule has 0 aromatic carbocycles. The normalized spacial score (nSPS) is 21.0. The van der Waals surface area contributed by atoms with Crippen molar-refractivity contribution in [2.24, 2.45) is 5.73 Å². The Hall–Kier alpha value is -1.34. The number of carbonyl (C=O) groups excluding carboxylic acids is 1. The summed E-state index contributed by atoms with van der Waals surface area (Å²) in [5.41, 5.74) is 4.84. The summed E-state index contributed by atoms with van der Waals surface area (Å²) in [6, 6.07) is -1.13.